The topological polar surface area (TPSA) is 40.0 Å². The number of piperidine rings is 1. The molecule has 0 radical (unpaired) electrons. The van der Waals surface area contributed by atoms with E-state index in [9.17, 15) is 0 Å². The van der Waals surface area contributed by atoms with Crippen molar-refractivity contribution in [2.75, 3.05) is 25.5 Å². The smallest absolute Gasteiger partial charge is 0.130 e. The third-order valence-electron chi connectivity index (χ3n) is 3.42. The van der Waals surface area contributed by atoms with Crippen molar-refractivity contribution in [1.82, 2.24) is 4.90 Å². The van der Waals surface area contributed by atoms with Gasteiger partial charge in [-0.15, -0.1) is 0 Å². The van der Waals surface area contributed by atoms with Gasteiger partial charge >= 0.3 is 0 Å². The maximum atomic E-state index is 6.30. The Morgan fingerprint density at radius 3 is 2.89 bits per heavy atom. The molecule has 2 heterocycles. The molecule has 2 aliphatic heterocycles. The zero-order valence-electron chi connectivity index (χ0n) is 10.5. The van der Waals surface area contributed by atoms with E-state index in [4.69, 9.17) is 23.2 Å². The van der Waals surface area contributed by atoms with Crippen LogP contribution in [0, 0.1) is 0 Å². The van der Waals surface area contributed by atoms with E-state index in [1.54, 1.807) is 6.07 Å². The monoisotopic (exact) mass is 316 g/mol. The standard InChI is InChI=1S/C12H14Cl2N4S/c1-18-4-2-3-7(6-18)15-10-8(13)5-9(14)11-12(10)17-19-16-11/h5,7,15H,2-4,6H2,1H3. The second-order valence-corrected chi connectivity index (χ2v) is 6.27. The first kappa shape index (κ1) is 13.4. The summed E-state index contributed by atoms with van der Waals surface area (Å²) < 4.78 is 8.53. The summed E-state index contributed by atoms with van der Waals surface area (Å²) in [5, 5.41) is 4.67. The molecule has 0 amide bonds. The van der Waals surface area contributed by atoms with Crippen LogP contribution in [0.25, 0.3) is 0 Å². The summed E-state index contributed by atoms with van der Waals surface area (Å²) in [5.74, 6) is 0. The van der Waals surface area contributed by atoms with Crippen LogP contribution < -0.4 is 5.32 Å². The predicted molar refractivity (Wildman–Crippen MR) is 82.1 cm³/mol. The summed E-state index contributed by atoms with van der Waals surface area (Å²) >= 11 is 13.6. The average molecular weight is 317 g/mol. The van der Waals surface area contributed by atoms with Crippen molar-refractivity contribution in [2.24, 2.45) is 8.73 Å². The number of hydrogen-bond donors (Lipinski definition) is 1. The number of likely N-dealkylation sites (N-methyl/N-ethyl adjacent to an activating group) is 1. The molecule has 0 bridgehead atoms. The van der Waals surface area contributed by atoms with E-state index in [0.29, 0.717) is 16.1 Å². The Morgan fingerprint density at radius 1 is 1.32 bits per heavy atom. The fourth-order valence-electron chi connectivity index (χ4n) is 2.50. The molecular weight excluding hydrogens is 303 g/mol. The lowest BCUT2D eigenvalue weighted by atomic mass is 10.1. The molecule has 1 fully saturated rings. The largest absolute Gasteiger partial charge is 0.378 e. The maximum Gasteiger partial charge on any atom is 0.130 e. The van der Waals surface area contributed by atoms with Crippen molar-refractivity contribution in [3.05, 3.63) is 16.1 Å². The number of nitrogens with one attached hydrogen (secondary N) is 1. The summed E-state index contributed by atoms with van der Waals surface area (Å²) in [5.41, 5.74) is 2.36. The molecule has 1 atom stereocenters. The van der Waals surface area contributed by atoms with Crippen LogP contribution in [0.2, 0.25) is 10.0 Å². The Morgan fingerprint density at radius 2 is 2.11 bits per heavy atom. The van der Waals surface area contributed by atoms with E-state index >= 15 is 0 Å². The van der Waals surface area contributed by atoms with Crippen LogP contribution in [-0.4, -0.2) is 31.1 Å². The first-order valence-corrected chi connectivity index (χ1v) is 7.69. The van der Waals surface area contributed by atoms with Crippen molar-refractivity contribution < 1.29 is 0 Å². The van der Waals surface area contributed by atoms with Crippen molar-refractivity contribution in [3.63, 3.8) is 0 Å². The third kappa shape index (κ3) is 2.65. The van der Waals surface area contributed by atoms with Crippen LogP contribution in [0.5, 0.6) is 0 Å². The molecule has 4 nitrogen and oxygen atoms in total. The zero-order valence-corrected chi connectivity index (χ0v) is 12.8. The lowest BCUT2D eigenvalue weighted by Crippen LogP contribution is -2.39. The summed E-state index contributed by atoms with van der Waals surface area (Å²) in [7, 11) is 2.14. The number of likely N-dealkylation sites (tertiary alicyclic amines) is 1. The number of hydrogen-bond acceptors (Lipinski definition) is 4. The van der Waals surface area contributed by atoms with Crippen molar-refractivity contribution in [3.8, 4) is 0 Å². The zero-order chi connectivity index (χ0) is 13.4. The van der Waals surface area contributed by atoms with Gasteiger partial charge in [0.05, 0.1) is 27.1 Å². The second-order valence-electron chi connectivity index (χ2n) is 4.92. The van der Waals surface area contributed by atoms with E-state index < -0.39 is 0 Å². The molecule has 1 N–H and O–H groups in total. The lowest BCUT2D eigenvalue weighted by Gasteiger charge is -2.31. The SMILES string of the molecule is CN1CCCC(Nc2c(Cl)cc(Cl)c3c2N=S=N3)C1. The number of benzene rings is 1. The first-order valence-electron chi connectivity index (χ1n) is 6.20. The maximum absolute atomic E-state index is 6.30. The van der Waals surface area contributed by atoms with Crippen LogP contribution in [0.3, 0.4) is 0 Å². The molecule has 7 heteroatoms. The van der Waals surface area contributed by atoms with E-state index in [2.05, 4.69) is 26.0 Å². The number of fused-ring (bicyclic) bond motifs is 1. The van der Waals surface area contributed by atoms with Gasteiger partial charge in [0.25, 0.3) is 0 Å². The fourth-order valence-corrected chi connectivity index (χ4v) is 3.67. The molecule has 1 aromatic rings. The van der Waals surface area contributed by atoms with Gasteiger partial charge in [-0.05, 0) is 32.5 Å². The van der Waals surface area contributed by atoms with Crippen molar-refractivity contribution >= 4 is 51.6 Å². The van der Waals surface area contributed by atoms with Crippen LogP contribution in [0.1, 0.15) is 12.8 Å². The fraction of sp³-hybridized carbons (Fsp3) is 0.500. The molecule has 0 aromatic heterocycles. The van der Waals surface area contributed by atoms with Crippen LogP contribution in [-0.2, 0) is 11.4 Å². The third-order valence-corrected chi connectivity index (χ3v) is 4.53. The van der Waals surface area contributed by atoms with Gasteiger partial charge in [-0.1, -0.05) is 23.2 Å². The lowest BCUT2D eigenvalue weighted by molar-refractivity contribution is 0.261. The number of rotatable bonds is 2. The van der Waals surface area contributed by atoms with Gasteiger partial charge in [0.2, 0.25) is 0 Å². The molecule has 2 aliphatic rings. The predicted octanol–water partition coefficient (Wildman–Crippen LogP) is 4.23. The quantitative estimate of drug-likeness (QED) is 0.900. The van der Waals surface area contributed by atoms with Gasteiger partial charge in [-0.25, -0.2) is 0 Å². The number of halogens is 2. The molecule has 0 spiro atoms. The molecule has 19 heavy (non-hydrogen) atoms. The Hall–Kier alpha value is -0.620. The molecule has 1 unspecified atom stereocenters. The molecule has 3 rings (SSSR count). The summed E-state index contributed by atoms with van der Waals surface area (Å²) in [4.78, 5) is 2.32. The highest BCUT2D eigenvalue weighted by Crippen LogP contribution is 2.48. The normalized spacial score (nSPS) is 22.2. The van der Waals surface area contributed by atoms with Gasteiger partial charge in [0.15, 0.2) is 0 Å². The Balaban J connectivity index is 1.89. The molecule has 0 saturated carbocycles. The van der Waals surface area contributed by atoms with Crippen LogP contribution in [0.4, 0.5) is 17.1 Å². The first-order chi connectivity index (χ1) is 9.15. The molecule has 1 saturated heterocycles. The summed E-state index contributed by atoms with van der Waals surface area (Å²) in [6, 6.07) is 2.13. The van der Waals surface area contributed by atoms with E-state index in [-0.39, 0.29) is 0 Å². The van der Waals surface area contributed by atoms with Gasteiger partial charge in [0.1, 0.15) is 11.4 Å². The molecule has 0 aliphatic carbocycles. The van der Waals surface area contributed by atoms with Gasteiger partial charge in [-0.2, -0.15) is 8.73 Å². The summed E-state index contributed by atoms with van der Waals surface area (Å²) in [6.07, 6.45) is 2.33. The Kier molecular flexibility index (Phi) is 3.80. The van der Waals surface area contributed by atoms with Crippen molar-refractivity contribution in [1.29, 1.82) is 0 Å². The minimum absolute atomic E-state index is 0.391. The Labute approximate surface area is 126 Å². The Bertz CT molecular complexity index is 584. The average Bonchev–Trinajstić information content (AvgIpc) is 2.84. The van der Waals surface area contributed by atoms with Gasteiger partial charge in [0, 0.05) is 12.6 Å². The molecule has 102 valence electrons. The van der Waals surface area contributed by atoms with Crippen LogP contribution in [0.15, 0.2) is 14.8 Å². The van der Waals surface area contributed by atoms with E-state index in [1.165, 1.54) is 6.42 Å². The van der Waals surface area contributed by atoms with E-state index in [1.807, 2.05) is 0 Å². The highest BCUT2D eigenvalue weighted by atomic mass is 35.5. The molecule has 1 aromatic carbocycles. The number of nitrogens with zero attached hydrogens (tertiary/aromatic N) is 3. The van der Waals surface area contributed by atoms with Gasteiger partial charge < -0.3 is 10.2 Å². The second kappa shape index (κ2) is 5.40. The number of anilines is 1. The van der Waals surface area contributed by atoms with Gasteiger partial charge in [-0.3, -0.25) is 0 Å². The van der Waals surface area contributed by atoms with E-state index in [0.717, 1.165) is 47.9 Å². The highest BCUT2D eigenvalue weighted by molar-refractivity contribution is 7.58. The van der Waals surface area contributed by atoms with Crippen LogP contribution >= 0.6 is 23.2 Å². The highest BCUT2D eigenvalue weighted by Gasteiger charge is 2.23. The summed E-state index contributed by atoms with van der Waals surface area (Å²) in [6.45, 7) is 2.16. The van der Waals surface area contributed by atoms with Crippen molar-refractivity contribution in [2.45, 2.75) is 18.9 Å². The molecular formula is C12H14Cl2N4S. The minimum atomic E-state index is 0.391. The minimum Gasteiger partial charge on any atom is -0.378 e.